The zero-order valence-corrected chi connectivity index (χ0v) is 18.3. The number of piperazine rings is 1. The van der Waals surface area contributed by atoms with Crippen molar-refractivity contribution < 1.29 is 19.1 Å². The minimum absolute atomic E-state index is 0.277. The van der Waals surface area contributed by atoms with E-state index in [9.17, 15) is 9.59 Å². The van der Waals surface area contributed by atoms with Crippen molar-refractivity contribution >= 4 is 11.8 Å². The van der Waals surface area contributed by atoms with Gasteiger partial charge in [-0.2, -0.15) is 0 Å². The molecule has 1 aromatic carbocycles. The Morgan fingerprint density at radius 2 is 1.67 bits per heavy atom. The third-order valence-electron chi connectivity index (χ3n) is 5.64. The molecule has 7 heteroatoms. The molecule has 0 aromatic heterocycles. The topological polar surface area (TPSA) is 71.1 Å². The molecule has 164 valence electrons. The van der Waals surface area contributed by atoms with Gasteiger partial charge in [0.05, 0.1) is 14.2 Å². The molecule has 0 aliphatic carbocycles. The number of allylic oxidation sites excluding steroid dienone is 2. The third-order valence-corrected chi connectivity index (χ3v) is 5.64. The molecule has 0 bridgehead atoms. The molecule has 2 rings (SSSR count). The van der Waals surface area contributed by atoms with E-state index in [0.29, 0.717) is 37.4 Å². The molecule has 7 nitrogen and oxygen atoms in total. The van der Waals surface area contributed by atoms with Gasteiger partial charge in [-0.1, -0.05) is 18.2 Å². The van der Waals surface area contributed by atoms with Crippen molar-refractivity contribution in [3.63, 3.8) is 0 Å². The van der Waals surface area contributed by atoms with Gasteiger partial charge >= 0.3 is 11.8 Å². The lowest BCUT2D eigenvalue weighted by atomic mass is 9.74. The quantitative estimate of drug-likeness (QED) is 0.493. The van der Waals surface area contributed by atoms with Crippen LogP contribution in [0.5, 0.6) is 11.5 Å². The first kappa shape index (κ1) is 23.5. The largest absolute Gasteiger partial charge is 0.493 e. The van der Waals surface area contributed by atoms with Gasteiger partial charge in [0.1, 0.15) is 0 Å². The second-order valence-electron chi connectivity index (χ2n) is 7.61. The highest BCUT2D eigenvalue weighted by Gasteiger charge is 2.33. The van der Waals surface area contributed by atoms with Crippen LogP contribution in [0.15, 0.2) is 43.5 Å². The van der Waals surface area contributed by atoms with E-state index in [0.717, 1.165) is 18.7 Å². The Hall–Kier alpha value is -2.80. The van der Waals surface area contributed by atoms with Crippen LogP contribution >= 0.6 is 0 Å². The first-order valence-corrected chi connectivity index (χ1v) is 10.1. The van der Waals surface area contributed by atoms with Crippen LogP contribution in [0.25, 0.3) is 0 Å². The zero-order chi connectivity index (χ0) is 22.1. The average molecular weight is 416 g/mol. The van der Waals surface area contributed by atoms with Crippen LogP contribution in [0.3, 0.4) is 0 Å². The van der Waals surface area contributed by atoms with E-state index in [1.165, 1.54) is 0 Å². The van der Waals surface area contributed by atoms with Gasteiger partial charge in [0, 0.05) is 38.1 Å². The van der Waals surface area contributed by atoms with Crippen LogP contribution < -0.4 is 14.8 Å². The minimum Gasteiger partial charge on any atom is -0.493 e. The van der Waals surface area contributed by atoms with Crippen molar-refractivity contribution in [1.29, 1.82) is 0 Å². The van der Waals surface area contributed by atoms with Crippen molar-refractivity contribution in [2.24, 2.45) is 0 Å². The number of hydrogen-bond donors (Lipinski definition) is 1. The van der Waals surface area contributed by atoms with Crippen LogP contribution in [0.2, 0.25) is 0 Å². The van der Waals surface area contributed by atoms with Crippen LogP contribution in [-0.2, 0) is 15.0 Å². The molecule has 1 heterocycles. The zero-order valence-electron chi connectivity index (χ0n) is 18.3. The molecule has 0 saturated carbocycles. The Bertz CT molecular complexity index is 760. The van der Waals surface area contributed by atoms with E-state index in [-0.39, 0.29) is 6.54 Å². The third kappa shape index (κ3) is 5.42. The summed E-state index contributed by atoms with van der Waals surface area (Å²) in [5.41, 5.74) is 0.452. The second kappa shape index (κ2) is 10.8. The van der Waals surface area contributed by atoms with Crippen LogP contribution in [0.4, 0.5) is 0 Å². The molecule has 0 spiro atoms. The Morgan fingerprint density at radius 3 is 2.20 bits per heavy atom. The predicted molar refractivity (Wildman–Crippen MR) is 118 cm³/mol. The Labute approximate surface area is 179 Å². The summed E-state index contributed by atoms with van der Waals surface area (Å²) in [6.45, 7) is 10.7. The average Bonchev–Trinajstić information content (AvgIpc) is 2.77. The summed E-state index contributed by atoms with van der Waals surface area (Å²) in [4.78, 5) is 28.9. The minimum atomic E-state index is -0.586. The molecule has 1 fully saturated rings. The number of hydrogen-bond acceptors (Lipinski definition) is 5. The van der Waals surface area contributed by atoms with Gasteiger partial charge in [-0.3, -0.25) is 9.59 Å². The van der Waals surface area contributed by atoms with Crippen molar-refractivity contribution in [3.05, 3.63) is 49.1 Å². The maximum atomic E-state index is 12.6. The highest BCUT2D eigenvalue weighted by Crippen LogP contribution is 2.37. The summed E-state index contributed by atoms with van der Waals surface area (Å²) in [5, 5.41) is 2.85. The molecular weight excluding hydrogens is 382 g/mol. The summed E-state index contributed by atoms with van der Waals surface area (Å²) in [7, 11) is 5.17. The van der Waals surface area contributed by atoms with E-state index >= 15 is 0 Å². The summed E-state index contributed by atoms with van der Waals surface area (Å²) in [5.74, 6) is 0.160. The molecule has 1 saturated heterocycles. The number of benzene rings is 1. The second-order valence-corrected chi connectivity index (χ2v) is 7.61. The molecule has 0 unspecified atom stereocenters. The standard InChI is InChI=1S/C23H33N3O4/c1-6-10-23(11-7-2,18-8-9-19(29-4)20(16-18)30-5)17-24-21(27)22(28)26-14-12-25(3)13-15-26/h6-9,16H,1-2,10-15,17H2,3-5H3,(H,24,27). The van der Waals surface area contributed by atoms with Gasteiger partial charge < -0.3 is 24.6 Å². The number of ether oxygens (including phenoxy) is 2. The number of nitrogens with zero attached hydrogens (tertiary/aromatic N) is 2. The summed E-state index contributed by atoms with van der Waals surface area (Å²) >= 11 is 0. The fraction of sp³-hybridized carbons (Fsp3) is 0.478. The summed E-state index contributed by atoms with van der Waals surface area (Å²) < 4.78 is 10.8. The van der Waals surface area contributed by atoms with Crippen molar-refractivity contribution in [3.8, 4) is 11.5 Å². The number of amides is 2. The van der Waals surface area contributed by atoms with Gasteiger partial charge in [0.2, 0.25) is 0 Å². The van der Waals surface area contributed by atoms with E-state index in [2.05, 4.69) is 23.4 Å². The smallest absolute Gasteiger partial charge is 0.311 e. The normalized spacial score (nSPS) is 14.7. The Kier molecular flexibility index (Phi) is 8.47. The molecule has 1 aromatic rings. The lowest BCUT2D eigenvalue weighted by molar-refractivity contribution is -0.147. The van der Waals surface area contributed by atoms with Gasteiger partial charge in [0.15, 0.2) is 11.5 Å². The number of nitrogens with one attached hydrogen (secondary N) is 1. The van der Waals surface area contributed by atoms with Crippen LogP contribution in [0.1, 0.15) is 18.4 Å². The van der Waals surface area contributed by atoms with Crippen molar-refractivity contribution in [1.82, 2.24) is 15.1 Å². The maximum Gasteiger partial charge on any atom is 0.311 e. The lowest BCUT2D eigenvalue weighted by Gasteiger charge is -2.34. The number of carbonyl (C=O) groups is 2. The van der Waals surface area contributed by atoms with Crippen molar-refractivity contribution in [2.75, 3.05) is 54.0 Å². The molecule has 30 heavy (non-hydrogen) atoms. The highest BCUT2D eigenvalue weighted by molar-refractivity contribution is 6.35. The molecule has 1 aliphatic rings. The van der Waals surface area contributed by atoms with Crippen molar-refractivity contribution in [2.45, 2.75) is 18.3 Å². The fourth-order valence-corrected chi connectivity index (χ4v) is 3.76. The van der Waals surface area contributed by atoms with E-state index in [1.54, 1.807) is 19.1 Å². The van der Waals surface area contributed by atoms with Crippen LogP contribution in [0, 0.1) is 0 Å². The number of rotatable bonds is 9. The number of likely N-dealkylation sites (N-methyl/N-ethyl adjacent to an activating group) is 1. The molecule has 1 aliphatic heterocycles. The SMILES string of the molecule is C=CCC(CC=C)(CNC(=O)C(=O)N1CCN(C)CC1)c1ccc(OC)c(OC)c1. The van der Waals surface area contributed by atoms with Gasteiger partial charge in [-0.25, -0.2) is 0 Å². The van der Waals surface area contributed by atoms with Crippen LogP contribution in [-0.4, -0.2) is 75.6 Å². The first-order valence-electron chi connectivity index (χ1n) is 10.1. The Morgan fingerprint density at radius 1 is 1.07 bits per heavy atom. The van der Waals surface area contributed by atoms with Gasteiger partial charge in [0.25, 0.3) is 0 Å². The summed E-state index contributed by atoms with van der Waals surface area (Å²) in [6, 6.07) is 5.69. The monoisotopic (exact) mass is 415 g/mol. The maximum absolute atomic E-state index is 12.6. The molecule has 1 N–H and O–H groups in total. The molecule has 0 atom stereocenters. The number of carbonyl (C=O) groups excluding carboxylic acids is 2. The highest BCUT2D eigenvalue weighted by atomic mass is 16.5. The van der Waals surface area contributed by atoms with Gasteiger partial charge in [-0.05, 0) is 37.6 Å². The first-order chi connectivity index (χ1) is 14.4. The number of methoxy groups -OCH3 is 2. The molecule has 0 radical (unpaired) electrons. The fourth-order valence-electron chi connectivity index (χ4n) is 3.76. The Balaban J connectivity index is 2.22. The molecule has 2 amide bonds. The van der Waals surface area contributed by atoms with E-state index in [4.69, 9.17) is 9.47 Å². The van der Waals surface area contributed by atoms with E-state index < -0.39 is 17.2 Å². The van der Waals surface area contributed by atoms with Gasteiger partial charge in [-0.15, -0.1) is 13.2 Å². The van der Waals surface area contributed by atoms with E-state index in [1.807, 2.05) is 37.4 Å². The lowest BCUT2D eigenvalue weighted by Crippen LogP contribution is -2.53. The predicted octanol–water partition coefficient (Wildman–Crippen LogP) is 1.98. The molecular formula is C23H33N3O4. The summed E-state index contributed by atoms with van der Waals surface area (Å²) in [6.07, 6.45) is 4.82.